The maximum atomic E-state index is 13.7. The third-order valence-electron chi connectivity index (χ3n) is 4.00. The van der Waals surface area contributed by atoms with E-state index in [0.29, 0.717) is 17.5 Å². The summed E-state index contributed by atoms with van der Waals surface area (Å²) >= 11 is 3.38. The van der Waals surface area contributed by atoms with Crippen molar-refractivity contribution in [1.82, 2.24) is 0 Å². The first kappa shape index (κ1) is 20.2. The number of hydrogen-bond acceptors (Lipinski definition) is 4. The SMILES string of the molecule is CCCCO[P@@](=O)(c1ccc(N(C)C)cc1)[C@@H](O)c1ccc(Br)cc1. The minimum absolute atomic E-state index is 0.358. The van der Waals surface area contributed by atoms with Gasteiger partial charge in [-0.05, 0) is 48.4 Å². The van der Waals surface area contributed by atoms with Crippen LogP contribution in [0.3, 0.4) is 0 Å². The zero-order valence-electron chi connectivity index (χ0n) is 14.9. The number of nitrogens with zero attached hydrogens (tertiary/aromatic N) is 1. The quantitative estimate of drug-likeness (QED) is 0.481. The molecule has 0 aliphatic carbocycles. The predicted molar refractivity (Wildman–Crippen MR) is 108 cm³/mol. The molecule has 0 fully saturated rings. The van der Waals surface area contributed by atoms with Crippen LogP contribution in [0.4, 0.5) is 5.69 Å². The largest absolute Gasteiger partial charge is 0.378 e. The zero-order valence-corrected chi connectivity index (χ0v) is 17.3. The molecular formula is C19H25BrNO3P. The van der Waals surface area contributed by atoms with Crippen molar-refractivity contribution in [2.45, 2.75) is 25.6 Å². The summed E-state index contributed by atoms with van der Waals surface area (Å²) in [7, 11) is 0.437. The van der Waals surface area contributed by atoms with Gasteiger partial charge in [0.15, 0.2) is 5.85 Å². The molecule has 6 heteroatoms. The van der Waals surface area contributed by atoms with Crippen LogP contribution in [0.15, 0.2) is 53.0 Å². The van der Waals surface area contributed by atoms with Gasteiger partial charge in [-0.2, -0.15) is 0 Å². The Hall–Kier alpha value is -1.13. The predicted octanol–water partition coefficient (Wildman–Crippen LogP) is 4.93. The van der Waals surface area contributed by atoms with E-state index in [9.17, 15) is 9.67 Å². The first-order chi connectivity index (χ1) is 11.9. The molecule has 0 bridgehead atoms. The van der Waals surface area contributed by atoms with Crippen LogP contribution in [-0.2, 0) is 9.09 Å². The molecule has 0 amide bonds. The molecular weight excluding hydrogens is 401 g/mol. The second-order valence-electron chi connectivity index (χ2n) is 6.12. The highest BCUT2D eigenvalue weighted by Gasteiger charge is 2.36. The number of benzene rings is 2. The first-order valence-corrected chi connectivity index (χ1v) is 10.8. The normalized spacial score (nSPS) is 14.8. The van der Waals surface area contributed by atoms with Gasteiger partial charge in [0.05, 0.1) is 6.61 Å². The molecule has 2 rings (SSSR count). The highest BCUT2D eigenvalue weighted by atomic mass is 79.9. The monoisotopic (exact) mass is 425 g/mol. The third-order valence-corrected chi connectivity index (χ3v) is 7.05. The number of halogens is 1. The molecule has 0 aliphatic heterocycles. The Bertz CT molecular complexity index is 716. The minimum Gasteiger partial charge on any atom is -0.378 e. The van der Waals surface area contributed by atoms with Gasteiger partial charge in [0, 0.05) is 29.6 Å². The number of hydrogen-bond donors (Lipinski definition) is 1. The fourth-order valence-electron chi connectivity index (χ4n) is 2.42. The lowest BCUT2D eigenvalue weighted by Gasteiger charge is -2.25. The van der Waals surface area contributed by atoms with E-state index >= 15 is 0 Å². The Labute approximate surface area is 158 Å². The molecule has 0 spiro atoms. The maximum absolute atomic E-state index is 13.7. The summed E-state index contributed by atoms with van der Waals surface area (Å²) in [4.78, 5) is 1.97. The van der Waals surface area contributed by atoms with Crippen molar-refractivity contribution in [2.24, 2.45) is 0 Å². The highest BCUT2D eigenvalue weighted by molar-refractivity contribution is 9.10. The van der Waals surface area contributed by atoms with Gasteiger partial charge >= 0.3 is 0 Å². The summed E-state index contributed by atoms with van der Waals surface area (Å²) in [5.41, 5.74) is 1.58. The second-order valence-corrected chi connectivity index (χ2v) is 9.49. The van der Waals surface area contributed by atoms with E-state index in [4.69, 9.17) is 4.52 Å². The Balaban J connectivity index is 2.38. The van der Waals surface area contributed by atoms with Gasteiger partial charge in [0.2, 0.25) is 0 Å². The zero-order chi connectivity index (χ0) is 18.4. The van der Waals surface area contributed by atoms with Crippen molar-refractivity contribution in [3.05, 3.63) is 58.6 Å². The van der Waals surface area contributed by atoms with Crippen LogP contribution in [0, 0.1) is 0 Å². The molecule has 136 valence electrons. The molecule has 2 aromatic rings. The van der Waals surface area contributed by atoms with Gasteiger partial charge in [-0.15, -0.1) is 0 Å². The molecule has 25 heavy (non-hydrogen) atoms. The lowest BCUT2D eigenvalue weighted by molar-refractivity contribution is 0.213. The molecule has 0 aliphatic rings. The summed E-state index contributed by atoms with van der Waals surface area (Å²) in [5.74, 6) is -1.19. The molecule has 0 radical (unpaired) electrons. The number of unbranched alkanes of at least 4 members (excludes halogenated alkanes) is 1. The summed E-state index contributed by atoms with van der Waals surface area (Å²) in [5, 5.41) is 11.4. The average molecular weight is 426 g/mol. The van der Waals surface area contributed by atoms with Crippen LogP contribution in [0.1, 0.15) is 31.2 Å². The van der Waals surface area contributed by atoms with Crippen molar-refractivity contribution < 1.29 is 14.2 Å². The van der Waals surface area contributed by atoms with Gasteiger partial charge in [-0.1, -0.05) is 41.4 Å². The van der Waals surface area contributed by atoms with Gasteiger partial charge in [0.25, 0.3) is 7.37 Å². The van der Waals surface area contributed by atoms with E-state index in [0.717, 1.165) is 23.0 Å². The molecule has 0 saturated carbocycles. The molecule has 0 unspecified atom stereocenters. The van der Waals surface area contributed by atoms with Gasteiger partial charge in [-0.3, -0.25) is 4.57 Å². The van der Waals surface area contributed by atoms with Crippen molar-refractivity contribution in [3.63, 3.8) is 0 Å². The first-order valence-electron chi connectivity index (χ1n) is 8.34. The lowest BCUT2D eigenvalue weighted by Crippen LogP contribution is -2.16. The minimum atomic E-state index is -3.46. The van der Waals surface area contributed by atoms with Crippen LogP contribution in [0.5, 0.6) is 0 Å². The second kappa shape index (κ2) is 9.00. The third kappa shape index (κ3) is 4.95. The molecule has 2 atom stereocenters. The van der Waals surface area contributed by atoms with E-state index < -0.39 is 13.2 Å². The highest BCUT2D eigenvalue weighted by Crippen LogP contribution is 2.57. The topological polar surface area (TPSA) is 49.8 Å². The maximum Gasteiger partial charge on any atom is 0.264 e. The summed E-state index contributed by atoms with van der Waals surface area (Å²) in [6, 6.07) is 14.5. The van der Waals surface area contributed by atoms with E-state index in [-0.39, 0.29) is 0 Å². The Morgan fingerprint density at radius 1 is 1.12 bits per heavy atom. The van der Waals surface area contributed by atoms with Crippen LogP contribution < -0.4 is 10.2 Å². The number of rotatable bonds is 8. The molecule has 0 aromatic heterocycles. The smallest absolute Gasteiger partial charge is 0.264 e. The van der Waals surface area contributed by atoms with Gasteiger partial charge in [0.1, 0.15) is 0 Å². The summed E-state index contributed by atoms with van der Waals surface area (Å²) in [6.45, 7) is 2.40. The van der Waals surface area contributed by atoms with E-state index in [1.165, 1.54) is 0 Å². The Kier molecular flexibility index (Phi) is 7.26. The van der Waals surface area contributed by atoms with E-state index in [2.05, 4.69) is 15.9 Å². The van der Waals surface area contributed by atoms with Gasteiger partial charge < -0.3 is 14.5 Å². The van der Waals surface area contributed by atoms with Crippen LogP contribution >= 0.6 is 23.3 Å². The standard InChI is InChI=1S/C19H25BrNO3P/c1-4-5-14-24-25(23,18-12-10-17(11-13-18)21(2)3)19(22)15-6-8-16(20)9-7-15/h6-13,19,22H,4-5,14H2,1-3H3/t19-,25+/m1/s1. The van der Waals surface area contributed by atoms with E-state index in [1.54, 1.807) is 24.3 Å². The Morgan fingerprint density at radius 2 is 1.72 bits per heavy atom. The average Bonchev–Trinajstić information content (AvgIpc) is 2.62. The molecule has 1 N–H and O–H groups in total. The van der Waals surface area contributed by atoms with Crippen LogP contribution in [0.25, 0.3) is 0 Å². The Morgan fingerprint density at radius 3 is 2.24 bits per heavy atom. The van der Waals surface area contributed by atoms with Crippen molar-refractivity contribution in [3.8, 4) is 0 Å². The molecule has 2 aromatic carbocycles. The van der Waals surface area contributed by atoms with Crippen LogP contribution in [-0.4, -0.2) is 25.8 Å². The van der Waals surface area contributed by atoms with E-state index in [1.807, 2.05) is 50.2 Å². The van der Waals surface area contributed by atoms with Crippen LogP contribution in [0.2, 0.25) is 0 Å². The fourth-order valence-corrected chi connectivity index (χ4v) is 4.79. The summed E-state index contributed by atoms with van der Waals surface area (Å²) < 4.78 is 20.3. The van der Waals surface area contributed by atoms with Gasteiger partial charge in [-0.25, -0.2) is 0 Å². The number of anilines is 1. The molecule has 4 nitrogen and oxygen atoms in total. The van der Waals surface area contributed by atoms with Crippen molar-refractivity contribution in [2.75, 3.05) is 25.6 Å². The number of aliphatic hydroxyl groups excluding tert-OH is 1. The summed E-state index contributed by atoms with van der Waals surface area (Å²) in [6.07, 6.45) is 1.74. The van der Waals surface area contributed by atoms with Crippen molar-refractivity contribution >= 4 is 34.3 Å². The molecule has 0 heterocycles. The molecule has 0 saturated heterocycles. The fraction of sp³-hybridized carbons (Fsp3) is 0.368. The van der Waals surface area contributed by atoms with Crippen molar-refractivity contribution in [1.29, 1.82) is 0 Å². The lowest BCUT2D eigenvalue weighted by atomic mass is 10.2. The number of aliphatic hydroxyl groups is 1.